The fraction of sp³-hybridized carbons (Fsp3) is 0. The van der Waals surface area contributed by atoms with Gasteiger partial charge in [0.15, 0.2) is 12.0 Å². The third-order valence-electron chi connectivity index (χ3n) is 3.38. The van der Waals surface area contributed by atoms with Crippen LogP contribution in [0.15, 0.2) is 30.7 Å². The zero-order chi connectivity index (χ0) is 14.4. The number of hydrogen-bond acceptors (Lipinski definition) is 4. The van der Waals surface area contributed by atoms with E-state index in [2.05, 4.69) is 4.98 Å². The second-order valence-electron chi connectivity index (χ2n) is 4.61. The van der Waals surface area contributed by atoms with Gasteiger partial charge in [0.25, 0.3) is 0 Å². The van der Waals surface area contributed by atoms with Crippen LogP contribution in [0, 0.1) is 9.75 Å². The maximum Gasteiger partial charge on any atom is 0.168 e. The summed E-state index contributed by atoms with van der Waals surface area (Å²) < 4.78 is 21.6. The van der Waals surface area contributed by atoms with E-state index < -0.39 is 0 Å². The molecule has 102 valence electrons. The van der Waals surface area contributed by atoms with E-state index in [-0.39, 0.29) is 11.5 Å². The van der Waals surface area contributed by atoms with Crippen LogP contribution in [0.5, 0.6) is 5.75 Å². The first-order chi connectivity index (χ1) is 10.3. The summed E-state index contributed by atoms with van der Waals surface area (Å²) in [5.41, 5.74) is 1.11. The Morgan fingerprint density at radius 3 is 3.05 bits per heavy atom. The molecular weight excluding hydrogens is 289 g/mol. The molecule has 0 saturated heterocycles. The highest BCUT2D eigenvalue weighted by Gasteiger charge is 2.14. The molecule has 0 N–H and O–H groups in total. The van der Waals surface area contributed by atoms with Crippen LogP contribution < -0.4 is 14.5 Å². The third kappa shape index (κ3) is 1.78. The van der Waals surface area contributed by atoms with Crippen molar-refractivity contribution >= 4 is 35.6 Å². The molecule has 0 bridgehead atoms. The van der Waals surface area contributed by atoms with Gasteiger partial charge in [-0.2, -0.15) is 0 Å². The van der Waals surface area contributed by atoms with Crippen molar-refractivity contribution in [2.24, 2.45) is 0 Å². The molecule has 2 aliphatic rings. The predicted octanol–water partition coefficient (Wildman–Crippen LogP) is 2.03. The van der Waals surface area contributed by atoms with Crippen molar-refractivity contribution in [1.82, 2.24) is 4.98 Å². The number of aldehydes is 1. The van der Waals surface area contributed by atoms with Gasteiger partial charge in [0.2, 0.25) is 0 Å². The summed E-state index contributed by atoms with van der Waals surface area (Å²) in [4.78, 5) is 14.9. The molecule has 2 aromatic heterocycles. The summed E-state index contributed by atoms with van der Waals surface area (Å²) in [6, 6.07) is 1.61. The summed E-state index contributed by atoms with van der Waals surface area (Å²) >= 11 is 1.51. The van der Waals surface area contributed by atoms with E-state index >= 15 is 0 Å². The fourth-order valence-corrected chi connectivity index (χ4v) is 3.59. The van der Waals surface area contributed by atoms with Gasteiger partial charge in [-0.1, -0.05) is 0 Å². The quantitative estimate of drug-likeness (QED) is 0.756. The highest BCUT2D eigenvalue weighted by atomic mass is 32.1. The van der Waals surface area contributed by atoms with Crippen LogP contribution in [0.3, 0.4) is 0 Å². The van der Waals surface area contributed by atoms with Crippen LogP contribution in [0.4, 0.5) is 4.39 Å². The van der Waals surface area contributed by atoms with Crippen LogP contribution in [0.2, 0.25) is 0 Å². The van der Waals surface area contributed by atoms with E-state index in [9.17, 15) is 9.18 Å². The van der Waals surface area contributed by atoms with Crippen molar-refractivity contribution in [2.75, 3.05) is 0 Å². The Kier molecular flexibility index (Phi) is 2.62. The van der Waals surface area contributed by atoms with Crippen LogP contribution in [-0.2, 0) is 0 Å². The number of thiophene rings is 1. The molecular formula is C16H8FNO2S. The summed E-state index contributed by atoms with van der Waals surface area (Å²) in [6.07, 6.45) is 10.5. The lowest BCUT2D eigenvalue weighted by Gasteiger charge is -2.01. The Balaban J connectivity index is 2.31. The molecule has 3 heterocycles. The number of carbonyl (C=O) groups excluding carboxylic acids is 1. The lowest BCUT2D eigenvalue weighted by molar-refractivity contribution is 0.111. The second-order valence-corrected chi connectivity index (χ2v) is 5.66. The Morgan fingerprint density at radius 2 is 2.19 bits per heavy atom. The van der Waals surface area contributed by atoms with E-state index in [1.165, 1.54) is 23.6 Å². The van der Waals surface area contributed by atoms with E-state index in [1.807, 2.05) is 12.2 Å². The molecule has 3 nitrogen and oxygen atoms in total. The van der Waals surface area contributed by atoms with Crippen molar-refractivity contribution < 1.29 is 13.9 Å². The molecule has 0 spiro atoms. The Morgan fingerprint density at radius 1 is 1.29 bits per heavy atom. The van der Waals surface area contributed by atoms with Gasteiger partial charge in [-0.3, -0.25) is 9.78 Å². The summed E-state index contributed by atoms with van der Waals surface area (Å²) in [5.74, 6) is 0.348. The van der Waals surface area contributed by atoms with Gasteiger partial charge in [0, 0.05) is 26.7 Å². The number of fused-ring (bicyclic) bond motifs is 4. The maximum absolute atomic E-state index is 14.2. The highest BCUT2D eigenvalue weighted by molar-refractivity contribution is 7.08. The van der Waals surface area contributed by atoms with Gasteiger partial charge in [-0.25, -0.2) is 4.39 Å². The van der Waals surface area contributed by atoms with Gasteiger partial charge in [0.1, 0.15) is 11.5 Å². The maximum atomic E-state index is 14.2. The highest BCUT2D eigenvalue weighted by Crippen LogP contribution is 2.26. The van der Waals surface area contributed by atoms with Gasteiger partial charge in [-0.05, 0) is 30.4 Å². The van der Waals surface area contributed by atoms with Crippen LogP contribution >= 0.6 is 11.3 Å². The average molecular weight is 297 g/mol. The SMILES string of the molecule is O=Cc1cc2c(cn1)=C(F)C=Cc1c3c(sc1=2)=CC=CO3. The number of hydrogen-bond donors (Lipinski definition) is 0. The van der Waals surface area contributed by atoms with Crippen LogP contribution in [-0.4, -0.2) is 11.3 Å². The van der Waals surface area contributed by atoms with Gasteiger partial charge in [0.05, 0.1) is 10.8 Å². The van der Waals surface area contributed by atoms with Gasteiger partial charge in [-0.15, -0.1) is 11.3 Å². The summed E-state index contributed by atoms with van der Waals surface area (Å²) in [7, 11) is 0. The molecule has 0 saturated carbocycles. The number of ether oxygens (including phenoxy) is 1. The number of allylic oxidation sites excluding steroid dienone is 2. The smallest absolute Gasteiger partial charge is 0.168 e. The molecule has 21 heavy (non-hydrogen) atoms. The molecule has 0 aromatic carbocycles. The fourth-order valence-electron chi connectivity index (χ4n) is 2.42. The Bertz CT molecular complexity index is 1050. The molecule has 5 heteroatoms. The van der Waals surface area contributed by atoms with Gasteiger partial charge < -0.3 is 4.74 Å². The molecule has 0 atom stereocenters. The van der Waals surface area contributed by atoms with Crippen molar-refractivity contribution in [3.8, 4) is 5.75 Å². The Labute approximate surface area is 122 Å². The second kappa shape index (κ2) is 4.49. The first kappa shape index (κ1) is 12.2. The van der Waals surface area contributed by atoms with Gasteiger partial charge >= 0.3 is 0 Å². The van der Waals surface area contributed by atoms with E-state index in [0.717, 1.165) is 20.4 Å². The number of rotatable bonds is 1. The van der Waals surface area contributed by atoms with Crippen molar-refractivity contribution in [3.05, 3.63) is 61.4 Å². The number of pyridine rings is 1. The van der Waals surface area contributed by atoms with E-state index in [4.69, 9.17) is 4.74 Å². The minimum absolute atomic E-state index is 0.281. The Hall–Kier alpha value is -2.53. The molecule has 0 amide bonds. The monoisotopic (exact) mass is 297 g/mol. The first-order valence-electron chi connectivity index (χ1n) is 6.28. The zero-order valence-electron chi connectivity index (χ0n) is 10.7. The molecule has 1 aliphatic carbocycles. The lowest BCUT2D eigenvalue weighted by atomic mass is 10.2. The zero-order valence-corrected chi connectivity index (χ0v) is 11.5. The number of halogens is 1. The topological polar surface area (TPSA) is 39.2 Å². The molecule has 0 fully saturated rings. The average Bonchev–Trinajstić information content (AvgIpc) is 2.84. The molecule has 1 aliphatic heterocycles. The molecule has 2 aromatic rings. The number of nitrogens with zero attached hydrogens (tertiary/aromatic N) is 1. The van der Waals surface area contributed by atoms with E-state index in [0.29, 0.717) is 16.7 Å². The first-order valence-corrected chi connectivity index (χ1v) is 7.09. The summed E-state index contributed by atoms with van der Waals surface area (Å²) in [6.45, 7) is 0. The van der Waals surface area contributed by atoms with Crippen molar-refractivity contribution in [3.63, 3.8) is 0 Å². The predicted molar refractivity (Wildman–Crippen MR) is 78.6 cm³/mol. The lowest BCUT2D eigenvalue weighted by Crippen LogP contribution is -2.08. The van der Waals surface area contributed by atoms with Crippen molar-refractivity contribution in [2.45, 2.75) is 0 Å². The normalized spacial score (nSPS) is 14.4. The van der Waals surface area contributed by atoms with Crippen LogP contribution in [0.25, 0.3) is 18.0 Å². The molecule has 0 unspecified atom stereocenters. The van der Waals surface area contributed by atoms with Crippen molar-refractivity contribution in [1.29, 1.82) is 0 Å². The van der Waals surface area contributed by atoms with E-state index in [1.54, 1.807) is 18.4 Å². The summed E-state index contributed by atoms with van der Waals surface area (Å²) in [5, 5.41) is 1.06. The number of aromatic nitrogens is 1. The minimum Gasteiger partial charge on any atom is -0.463 e. The largest absolute Gasteiger partial charge is 0.463 e. The van der Waals surface area contributed by atoms with Crippen LogP contribution in [0.1, 0.15) is 16.1 Å². The standard InChI is InChI=1S/C16H8FNO2S/c17-13-4-3-10-15-14(2-1-5-20-15)21-16(10)11-6-9(8-19)18-7-12(11)13/h1-8H. The number of carbonyl (C=O) groups is 1. The minimum atomic E-state index is -0.373. The molecule has 4 rings (SSSR count). The third-order valence-corrected chi connectivity index (χ3v) is 4.57. The molecule has 0 radical (unpaired) electrons.